The van der Waals surface area contributed by atoms with Gasteiger partial charge in [-0.05, 0) is 6.07 Å². The predicted octanol–water partition coefficient (Wildman–Crippen LogP) is 1.92. The van der Waals surface area contributed by atoms with Crippen molar-refractivity contribution >= 4 is 11.7 Å². The minimum Gasteiger partial charge on any atom is -0.467 e. The van der Waals surface area contributed by atoms with E-state index in [1.54, 1.807) is 0 Å². The fraction of sp³-hybridized carbons (Fsp3) is 0.222. The normalized spacial score (nSPS) is 11.9. The Balaban J connectivity index is 3.12. The number of halogens is 2. The van der Waals surface area contributed by atoms with Gasteiger partial charge in [-0.15, -0.1) is 0 Å². The predicted molar refractivity (Wildman–Crippen MR) is 48.9 cm³/mol. The van der Waals surface area contributed by atoms with Crippen LogP contribution in [-0.2, 0) is 9.53 Å². The number of hydrogen-bond acceptors (Lipinski definition) is 4. The van der Waals surface area contributed by atoms with E-state index >= 15 is 0 Å². The molecule has 0 spiro atoms. The van der Waals surface area contributed by atoms with E-state index in [0.29, 0.717) is 6.07 Å². The molecule has 0 saturated carbocycles. The monoisotopic (exact) mass is 231 g/mol. The lowest BCUT2D eigenvalue weighted by molar-refractivity contribution is -0.387. The topological polar surface area (TPSA) is 69.4 Å². The summed E-state index contributed by atoms with van der Waals surface area (Å²) in [5, 5.41) is 10.4. The van der Waals surface area contributed by atoms with Crippen LogP contribution in [0.15, 0.2) is 18.2 Å². The second-order valence-corrected chi connectivity index (χ2v) is 2.85. The zero-order valence-electron chi connectivity index (χ0n) is 8.15. The lowest BCUT2D eigenvalue weighted by Gasteiger charge is -2.05. The molecule has 0 saturated heterocycles. The summed E-state index contributed by atoms with van der Waals surface area (Å²) in [5.41, 5.74) is -1.20. The third-order valence-electron chi connectivity index (χ3n) is 1.87. The van der Waals surface area contributed by atoms with E-state index in [1.165, 1.54) is 0 Å². The highest BCUT2D eigenvalue weighted by atomic mass is 19.1. The van der Waals surface area contributed by atoms with Gasteiger partial charge in [0.05, 0.1) is 12.0 Å². The molecule has 16 heavy (non-hydrogen) atoms. The third-order valence-corrected chi connectivity index (χ3v) is 1.87. The molecular formula is C9H7F2NO4. The average Bonchev–Trinajstić information content (AvgIpc) is 2.27. The summed E-state index contributed by atoms with van der Waals surface area (Å²) in [6, 6.07) is 2.34. The van der Waals surface area contributed by atoms with Gasteiger partial charge in [0.1, 0.15) is 0 Å². The van der Waals surface area contributed by atoms with Crippen molar-refractivity contribution in [2.75, 3.05) is 7.11 Å². The molecule has 0 fully saturated rings. The maximum Gasteiger partial charge on any atom is 0.345 e. The minimum absolute atomic E-state index is 0.319. The standard InChI is InChI=1S/C9H7F2NO4/c1-16-9(13)8(11)5-2-3-6(10)7(4-5)12(14)15/h2-4,8H,1H3. The number of rotatable bonds is 3. The van der Waals surface area contributed by atoms with Gasteiger partial charge < -0.3 is 4.74 Å². The SMILES string of the molecule is COC(=O)C(F)c1ccc(F)c([N+](=O)[O-])c1. The van der Waals surface area contributed by atoms with Gasteiger partial charge >= 0.3 is 11.7 Å². The first kappa shape index (κ1) is 12.0. The molecule has 7 heteroatoms. The highest BCUT2D eigenvalue weighted by molar-refractivity contribution is 5.76. The van der Waals surface area contributed by atoms with Crippen LogP contribution in [0.1, 0.15) is 11.7 Å². The van der Waals surface area contributed by atoms with E-state index in [4.69, 9.17) is 0 Å². The summed E-state index contributed by atoms with van der Waals surface area (Å²) in [4.78, 5) is 20.2. The molecule has 86 valence electrons. The van der Waals surface area contributed by atoms with Crippen molar-refractivity contribution in [1.82, 2.24) is 0 Å². The molecule has 1 atom stereocenters. The maximum absolute atomic E-state index is 13.3. The van der Waals surface area contributed by atoms with Crippen LogP contribution in [0.3, 0.4) is 0 Å². The van der Waals surface area contributed by atoms with Crippen LogP contribution in [0.25, 0.3) is 0 Å². The molecule has 0 aliphatic rings. The Morgan fingerprint density at radius 3 is 2.69 bits per heavy atom. The Labute approximate surface area is 88.8 Å². The Bertz CT molecular complexity index is 436. The van der Waals surface area contributed by atoms with E-state index in [-0.39, 0.29) is 5.56 Å². The highest BCUT2D eigenvalue weighted by Crippen LogP contribution is 2.25. The molecular weight excluding hydrogens is 224 g/mol. The van der Waals surface area contributed by atoms with E-state index in [0.717, 1.165) is 19.2 Å². The second kappa shape index (κ2) is 4.65. The van der Waals surface area contributed by atoms with Gasteiger partial charge in [0.25, 0.3) is 0 Å². The van der Waals surface area contributed by atoms with Gasteiger partial charge in [-0.2, -0.15) is 4.39 Å². The van der Waals surface area contributed by atoms with Gasteiger partial charge in [-0.3, -0.25) is 10.1 Å². The maximum atomic E-state index is 13.3. The third kappa shape index (κ3) is 2.30. The summed E-state index contributed by atoms with van der Waals surface area (Å²) in [5.74, 6) is -2.29. The molecule has 0 N–H and O–H groups in total. The minimum atomic E-state index is -2.16. The molecule has 0 aliphatic carbocycles. The summed E-state index contributed by atoms with van der Waals surface area (Å²) in [6.45, 7) is 0. The zero-order valence-corrected chi connectivity index (χ0v) is 8.15. The number of methoxy groups -OCH3 is 1. The van der Waals surface area contributed by atoms with Gasteiger partial charge in [-0.1, -0.05) is 6.07 Å². The molecule has 5 nitrogen and oxygen atoms in total. The molecule has 0 aliphatic heterocycles. The molecule has 1 unspecified atom stereocenters. The van der Waals surface area contributed by atoms with E-state index in [2.05, 4.69) is 4.74 Å². The van der Waals surface area contributed by atoms with Crippen LogP contribution in [0, 0.1) is 15.9 Å². The Morgan fingerprint density at radius 1 is 1.56 bits per heavy atom. The smallest absolute Gasteiger partial charge is 0.345 e. The number of ether oxygens (including phenoxy) is 1. The lowest BCUT2D eigenvalue weighted by atomic mass is 10.1. The second-order valence-electron chi connectivity index (χ2n) is 2.85. The van der Waals surface area contributed by atoms with Gasteiger partial charge in [0.2, 0.25) is 12.0 Å². The quantitative estimate of drug-likeness (QED) is 0.452. The Morgan fingerprint density at radius 2 is 2.19 bits per heavy atom. The first-order chi connectivity index (χ1) is 7.47. The van der Waals surface area contributed by atoms with Crippen LogP contribution in [0.4, 0.5) is 14.5 Å². The number of carbonyl (C=O) groups excluding carboxylic acids is 1. The van der Waals surface area contributed by atoms with Crippen molar-refractivity contribution in [2.45, 2.75) is 6.17 Å². The summed E-state index contributed by atoms with van der Waals surface area (Å²) >= 11 is 0. The van der Waals surface area contributed by atoms with Crippen molar-refractivity contribution in [1.29, 1.82) is 0 Å². The van der Waals surface area contributed by atoms with E-state index in [1.807, 2.05) is 0 Å². The average molecular weight is 231 g/mol. The van der Waals surface area contributed by atoms with E-state index in [9.17, 15) is 23.7 Å². The molecule has 1 rings (SSSR count). The number of nitro benzene ring substituents is 1. The largest absolute Gasteiger partial charge is 0.467 e. The molecule has 0 amide bonds. The molecule has 0 heterocycles. The van der Waals surface area contributed by atoms with Crippen LogP contribution in [0.5, 0.6) is 0 Å². The highest BCUT2D eigenvalue weighted by Gasteiger charge is 2.24. The molecule has 1 aromatic carbocycles. The molecule has 1 aromatic rings. The number of alkyl halides is 1. The zero-order chi connectivity index (χ0) is 12.3. The van der Waals surface area contributed by atoms with Gasteiger partial charge in [0.15, 0.2) is 0 Å². The fourth-order valence-corrected chi connectivity index (χ4v) is 1.07. The fourth-order valence-electron chi connectivity index (χ4n) is 1.07. The Hall–Kier alpha value is -2.05. The Kier molecular flexibility index (Phi) is 3.49. The number of esters is 1. The lowest BCUT2D eigenvalue weighted by Crippen LogP contribution is -2.10. The molecule has 0 bridgehead atoms. The van der Waals surface area contributed by atoms with Crippen molar-refractivity contribution in [3.8, 4) is 0 Å². The van der Waals surface area contributed by atoms with E-state index < -0.39 is 28.6 Å². The molecule has 0 radical (unpaired) electrons. The van der Waals surface area contributed by atoms with Crippen molar-refractivity contribution < 1.29 is 23.2 Å². The van der Waals surface area contributed by atoms with Crippen LogP contribution < -0.4 is 0 Å². The first-order valence-electron chi connectivity index (χ1n) is 4.13. The number of benzene rings is 1. The van der Waals surface area contributed by atoms with Gasteiger partial charge in [0, 0.05) is 11.6 Å². The summed E-state index contributed by atoms with van der Waals surface area (Å²) < 4.78 is 30.3. The summed E-state index contributed by atoms with van der Waals surface area (Å²) in [7, 11) is 0.979. The number of carbonyl (C=O) groups is 1. The number of hydrogen-bond donors (Lipinski definition) is 0. The van der Waals surface area contributed by atoms with Gasteiger partial charge in [-0.25, -0.2) is 9.18 Å². The number of nitro groups is 1. The summed E-state index contributed by atoms with van der Waals surface area (Å²) in [6.07, 6.45) is -2.16. The van der Waals surface area contributed by atoms with Crippen LogP contribution in [0.2, 0.25) is 0 Å². The van der Waals surface area contributed by atoms with Crippen molar-refractivity contribution in [2.24, 2.45) is 0 Å². The molecule has 0 aromatic heterocycles. The van der Waals surface area contributed by atoms with Crippen LogP contribution >= 0.6 is 0 Å². The number of nitrogens with zero attached hydrogens (tertiary/aromatic N) is 1. The first-order valence-corrected chi connectivity index (χ1v) is 4.13. The van der Waals surface area contributed by atoms with Crippen LogP contribution in [-0.4, -0.2) is 18.0 Å². The van der Waals surface area contributed by atoms with Crippen molar-refractivity contribution in [3.05, 3.63) is 39.7 Å². The van der Waals surface area contributed by atoms with Crippen molar-refractivity contribution in [3.63, 3.8) is 0 Å².